The van der Waals surface area contributed by atoms with Crippen LogP contribution in [-0.2, 0) is 4.74 Å². The molecule has 0 saturated carbocycles. The van der Waals surface area contributed by atoms with Crippen LogP contribution in [0.5, 0.6) is 5.75 Å². The summed E-state index contributed by atoms with van der Waals surface area (Å²) >= 11 is 0. The zero-order valence-electron chi connectivity index (χ0n) is 22.0. The highest BCUT2D eigenvalue weighted by Crippen LogP contribution is 2.38. The quantitative estimate of drug-likeness (QED) is 0.432. The highest BCUT2D eigenvalue weighted by atomic mass is 19.4. The van der Waals surface area contributed by atoms with Crippen LogP contribution in [0.25, 0.3) is 22.0 Å². The number of H-pyrrole nitrogens is 1. The second kappa shape index (κ2) is 10.9. The highest BCUT2D eigenvalue weighted by Gasteiger charge is 2.38. The van der Waals surface area contributed by atoms with Crippen LogP contribution in [-0.4, -0.2) is 85.8 Å². The van der Waals surface area contributed by atoms with Gasteiger partial charge in [-0.1, -0.05) is 6.07 Å². The summed E-state index contributed by atoms with van der Waals surface area (Å²) in [5.41, 5.74) is 9.06. The SMILES string of the molecule is CNC(=O)c1ccc(-c2cc(O[C@H](C)C(F)(F)F)c3c(N)n[nH]c3c2)cc1N1CCC(N2CCOCC2)CC1. The first kappa shape index (κ1) is 27.1. The molecule has 0 bridgehead atoms. The molecule has 1 atom stereocenters. The number of halogens is 3. The molecule has 0 unspecified atom stereocenters. The summed E-state index contributed by atoms with van der Waals surface area (Å²) in [4.78, 5) is 17.5. The number of carbonyl (C=O) groups is 1. The van der Waals surface area contributed by atoms with E-state index in [1.54, 1.807) is 31.3 Å². The van der Waals surface area contributed by atoms with Gasteiger partial charge in [0.1, 0.15) is 5.75 Å². The molecular formula is C27H33F3N6O3. The van der Waals surface area contributed by atoms with Crippen LogP contribution >= 0.6 is 0 Å². The molecule has 4 N–H and O–H groups in total. The number of nitrogen functional groups attached to an aromatic ring is 1. The lowest BCUT2D eigenvalue weighted by atomic mass is 9.97. The van der Waals surface area contributed by atoms with Gasteiger partial charge in [-0.25, -0.2) is 0 Å². The third-order valence-electron chi connectivity index (χ3n) is 7.59. The second-order valence-electron chi connectivity index (χ2n) is 9.99. The van der Waals surface area contributed by atoms with Crippen LogP contribution in [0.1, 0.15) is 30.1 Å². The molecule has 5 rings (SSSR count). The largest absolute Gasteiger partial charge is 0.480 e. The molecule has 2 aliphatic heterocycles. The maximum atomic E-state index is 13.3. The summed E-state index contributed by atoms with van der Waals surface area (Å²) in [6.45, 7) is 5.88. The number of anilines is 2. The lowest BCUT2D eigenvalue weighted by Crippen LogP contribution is -2.49. The van der Waals surface area contributed by atoms with E-state index in [0.29, 0.717) is 28.1 Å². The number of piperidine rings is 1. The van der Waals surface area contributed by atoms with Gasteiger partial charge < -0.3 is 25.4 Å². The minimum Gasteiger partial charge on any atom is -0.480 e. The molecule has 1 aromatic heterocycles. The fraction of sp³-hybridized carbons (Fsp3) is 0.481. The molecule has 0 radical (unpaired) electrons. The number of nitrogens with two attached hydrogens (primary N) is 1. The Labute approximate surface area is 224 Å². The van der Waals surface area contributed by atoms with Gasteiger partial charge in [0.2, 0.25) is 0 Å². The van der Waals surface area contributed by atoms with Crippen molar-refractivity contribution in [2.24, 2.45) is 0 Å². The summed E-state index contributed by atoms with van der Waals surface area (Å²) in [7, 11) is 1.59. The molecule has 0 aliphatic carbocycles. The fourth-order valence-corrected chi connectivity index (χ4v) is 5.38. The molecule has 2 aromatic carbocycles. The molecule has 0 spiro atoms. The number of amides is 1. The molecule has 2 saturated heterocycles. The van der Waals surface area contributed by atoms with Gasteiger partial charge in [0.15, 0.2) is 11.9 Å². The third-order valence-corrected chi connectivity index (χ3v) is 7.59. The fourth-order valence-electron chi connectivity index (χ4n) is 5.38. The van der Waals surface area contributed by atoms with E-state index in [4.69, 9.17) is 15.2 Å². The Hall–Kier alpha value is -3.51. The monoisotopic (exact) mass is 546 g/mol. The number of ether oxygens (including phenoxy) is 2. The normalized spacial score (nSPS) is 18.3. The van der Waals surface area contributed by atoms with Crippen LogP contribution in [0.3, 0.4) is 0 Å². The first-order chi connectivity index (χ1) is 18.7. The molecule has 9 nitrogen and oxygen atoms in total. The van der Waals surface area contributed by atoms with Crippen molar-refractivity contribution in [3.05, 3.63) is 35.9 Å². The van der Waals surface area contributed by atoms with Crippen LogP contribution < -0.4 is 20.7 Å². The van der Waals surface area contributed by atoms with Gasteiger partial charge in [-0.05, 0) is 55.2 Å². The van der Waals surface area contributed by atoms with Gasteiger partial charge >= 0.3 is 6.18 Å². The number of fused-ring (bicyclic) bond motifs is 1. The molecule has 2 aliphatic rings. The molecule has 12 heteroatoms. The molecular weight excluding hydrogens is 513 g/mol. The van der Waals surface area contributed by atoms with Gasteiger partial charge in [-0.15, -0.1) is 0 Å². The smallest absolute Gasteiger partial charge is 0.425 e. The highest BCUT2D eigenvalue weighted by molar-refractivity contribution is 6.01. The van der Waals surface area contributed by atoms with E-state index in [0.717, 1.165) is 70.4 Å². The summed E-state index contributed by atoms with van der Waals surface area (Å²) < 4.78 is 50.8. The first-order valence-corrected chi connectivity index (χ1v) is 13.1. The summed E-state index contributed by atoms with van der Waals surface area (Å²) in [6, 6.07) is 9.24. The van der Waals surface area contributed by atoms with Crippen molar-refractivity contribution in [1.82, 2.24) is 20.4 Å². The minimum atomic E-state index is -4.55. The molecule has 39 heavy (non-hydrogen) atoms. The van der Waals surface area contributed by atoms with Gasteiger partial charge in [-0.3, -0.25) is 14.8 Å². The van der Waals surface area contributed by atoms with E-state index in [1.165, 1.54) is 0 Å². The number of nitrogens with zero attached hydrogens (tertiary/aromatic N) is 3. The first-order valence-electron chi connectivity index (χ1n) is 13.1. The molecule has 3 heterocycles. The number of hydrogen-bond donors (Lipinski definition) is 3. The Morgan fingerprint density at radius 1 is 1.15 bits per heavy atom. The number of rotatable bonds is 6. The number of morpholine rings is 1. The van der Waals surface area contributed by atoms with E-state index >= 15 is 0 Å². The molecule has 210 valence electrons. The van der Waals surface area contributed by atoms with Crippen LogP contribution in [0.2, 0.25) is 0 Å². The van der Waals surface area contributed by atoms with Crippen LogP contribution in [0.4, 0.5) is 24.7 Å². The maximum Gasteiger partial charge on any atom is 0.425 e. The van der Waals surface area contributed by atoms with Gasteiger partial charge in [0.25, 0.3) is 5.91 Å². The van der Waals surface area contributed by atoms with Crippen molar-refractivity contribution in [3.63, 3.8) is 0 Å². The van der Waals surface area contributed by atoms with Gasteiger partial charge in [-0.2, -0.15) is 18.3 Å². The maximum absolute atomic E-state index is 13.3. The summed E-state index contributed by atoms with van der Waals surface area (Å²) in [6.07, 6.45) is -4.66. The number of benzene rings is 2. The Morgan fingerprint density at radius 3 is 2.54 bits per heavy atom. The zero-order valence-corrected chi connectivity index (χ0v) is 22.0. The second-order valence-corrected chi connectivity index (χ2v) is 9.99. The lowest BCUT2D eigenvalue weighted by Gasteiger charge is -2.41. The van der Waals surface area contributed by atoms with Crippen molar-refractivity contribution in [1.29, 1.82) is 0 Å². The number of aromatic amines is 1. The van der Waals surface area contributed by atoms with E-state index in [9.17, 15) is 18.0 Å². The Kier molecular flexibility index (Phi) is 7.59. The van der Waals surface area contributed by atoms with E-state index in [1.807, 2.05) is 6.07 Å². The number of hydrogen-bond acceptors (Lipinski definition) is 7. The van der Waals surface area contributed by atoms with E-state index in [-0.39, 0.29) is 17.5 Å². The lowest BCUT2D eigenvalue weighted by molar-refractivity contribution is -0.188. The van der Waals surface area contributed by atoms with Crippen molar-refractivity contribution in [3.8, 4) is 16.9 Å². The minimum absolute atomic E-state index is 0.0122. The number of aromatic nitrogens is 2. The van der Waals surface area contributed by atoms with E-state index in [2.05, 4.69) is 25.3 Å². The average Bonchev–Trinajstić information content (AvgIpc) is 3.33. The summed E-state index contributed by atoms with van der Waals surface area (Å²) in [5, 5.41) is 9.75. The van der Waals surface area contributed by atoms with Crippen molar-refractivity contribution in [2.75, 3.05) is 57.1 Å². The standard InChI is InChI=1S/C27H33F3N6O3/c1-16(27(28,29)30)39-23-15-18(13-21-24(23)25(31)34-33-21)17-3-4-20(26(37)32-2)22(14-17)36-7-5-19(6-8-36)35-9-11-38-12-10-35/h3-4,13-16,19H,5-12H2,1-2H3,(H,32,37)(H3,31,33,34)/t16-/m1/s1. The summed E-state index contributed by atoms with van der Waals surface area (Å²) in [5.74, 6) is -0.159. The van der Waals surface area contributed by atoms with Gasteiger partial charge in [0.05, 0.1) is 35.4 Å². The van der Waals surface area contributed by atoms with Crippen LogP contribution in [0.15, 0.2) is 30.3 Å². The van der Waals surface area contributed by atoms with Crippen molar-refractivity contribution >= 4 is 28.3 Å². The number of nitrogens with one attached hydrogen (secondary N) is 2. The molecule has 1 amide bonds. The van der Waals surface area contributed by atoms with E-state index < -0.39 is 12.3 Å². The predicted octanol–water partition coefficient (Wildman–Crippen LogP) is 3.80. The number of carbonyl (C=O) groups excluding carboxylic acids is 1. The topological polar surface area (TPSA) is 109 Å². The Bertz CT molecular complexity index is 1330. The Morgan fingerprint density at radius 2 is 1.87 bits per heavy atom. The van der Waals surface area contributed by atoms with Gasteiger partial charge in [0, 0.05) is 39.3 Å². The molecule has 3 aromatic rings. The van der Waals surface area contributed by atoms with Crippen LogP contribution in [0, 0.1) is 0 Å². The predicted molar refractivity (Wildman–Crippen MR) is 143 cm³/mol. The third kappa shape index (κ3) is 5.62. The van der Waals surface area contributed by atoms with Crippen molar-refractivity contribution in [2.45, 2.75) is 38.1 Å². The van der Waals surface area contributed by atoms with Crippen molar-refractivity contribution < 1.29 is 27.4 Å². The number of alkyl halides is 3. The zero-order chi connectivity index (χ0) is 27.7. The Balaban J connectivity index is 1.48. The average molecular weight is 547 g/mol. The molecule has 2 fully saturated rings.